The van der Waals surface area contributed by atoms with Crippen molar-refractivity contribution in [1.82, 2.24) is 10.8 Å². The Balaban J connectivity index is 2.42. The average Bonchev–Trinajstić information content (AvgIpc) is 2.14. The van der Waals surface area contributed by atoms with Crippen molar-refractivity contribution in [3.8, 4) is 0 Å². The van der Waals surface area contributed by atoms with Crippen LogP contribution < -0.4 is 10.8 Å². The zero-order chi connectivity index (χ0) is 5.98. The molecule has 1 aliphatic rings. The lowest BCUT2D eigenvalue weighted by atomic mass is 10.3. The van der Waals surface area contributed by atoms with Crippen molar-refractivity contribution >= 4 is 5.91 Å². The number of hydrogen-bond donors (Lipinski definition) is 2. The number of hydroxylamine groups is 1. The maximum atomic E-state index is 10.5. The Morgan fingerprint density at radius 2 is 2.75 bits per heavy atom. The topological polar surface area (TPSA) is 50.4 Å². The highest BCUT2D eigenvalue weighted by Gasteiger charge is 2.22. The molecule has 1 aliphatic heterocycles. The molecular weight excluding hydrogens is 108 g/mol. The maximum Gasteiger partial charge on any atom is 0.263 e. The van der Waals surface area contributed by atoms with Crippen LogP contribution in [0, 0.1) is 0 Å². The number of likely N-dealkylation sites (N-methyl/N-ethyl adjacent to an activating group) is 1. The Morgan fingerprint density at radius 3 is 3.00 bits per heavy atom. The Bertz CT molecular complexity index is 104. The van der Waals surface area contributed by atoms with E-state index in [1.807, 2.05) is 0 Å². The van der Waals surface area contributed by atoms with Gasteiger partial charge in [0.2, 0.25) is 0 Å². The van der Waals surface area contributed by atoms with E-state index in [-0.39, 0.29) is 11.9 Å². The second-order valence-electron chi connectivity index (χ2n) is 1.62. The van der Waals surface area contributed by atoms with Crippen molar-refractivity contribution in [2.24, 2.45) is 0 Å². The second-order valence-corrected chi connectivity index (χ2v) is 1.62. The minimum atomic E-state index is -0.157. The molecule has 1 fully saturated rings. The summed E-state index contributed by atoms with van der Waals surface area (Å²) in [5.74, 6) is -0.0903. The van der Waals surface area contributed by atoms with E-state index in [1.54, 1.807) is 7.05 Å². The van der Waals surface area contributed by atoms with E-state index in [4.69, 9.17) is 0 Å². The lowest BCUT2D eigenvalue weighted by Crippen LogP contribution is -2.34. The van der Waals surface area contributed by atoms with Gasteiger partial charge in [-0.3, -0.25) is 9.63 Å². The van der Waals surface area contributed by atoms with Crippen LogP contribution in [0.1, 0.15) is 0 Å². The average molecular weight is 116 g/mol. The SMILES string of the molecule is CN[C@H]1CONC1=O. The molecular formula is C4H8N2O2. The van der Waals surface area contributed by atoms with E-state index in [1.165, 1.54) is 0 Å². The normalized spacial score (nSPS) is 28.1. The summed E-state index contributed by atoms with van der Waals surface area (Å²) in [6.07, 6.45) is 0. The van der Waals surface area contributed by atoms with Crippen LogP contribution in [0.2, 0.25) is 0 Å². The molecule has 2 N–H and O–H groups in total. The fourth-order valence-corrected chi connectivity index (χ4v) is 0.557. The summed E-state index contributed by atoms with van der Waals surface area (Å²) in [5, 5.41) is 2.78. The lowest BCUT2D eigenvalue weighted by molar-refractivity contribution is -0.125. The predicted molar refractivity (Wildman–Crippen MR) is 26.9 cm³/mol. The van der Waals surface area contributed by atoms with Gasteiger partial charge in [0.1, 0.15) is 6.04 Å². The summed E-state index contributed by atoms with van der Waals surface area (Å²) in [6.45, 7) is 0.426. The van der Waals surface area contributed by atoms with Crippen molar-refractivity contribution in [2.75, 3.05) is 13.7 Å². The van der Waals surface area contributed by atoms with Crippen LogP contribution in [-0.4, -0.2) is 25.6 Å². The monoisotopic (exact) mass is 116 g/mol. The quantitative estimate of drug-likeness (QED) is 0.444. The molecule has 0 aromatic carbocycles. The van der Waals surface area contributed by atoms with Gasteiger partial charge in [0, 0.05) is 0 Å². The molecule has 0 saturated carbocycles. The Kier molecular flexibility index (Phi) is 1.45. The molecule has 0 unspecified atom stereocenters. The van der Waals surface area contributed by atoms with Gasteiger partial charge in [-0.25, -0.2) is 5.48 Å². The highest BCUT2D eigenvalue weighted by molar-refractivity contribution is 5.82. The third-order valence-corrected chi connectivity index (χ3v) is 1.09. The highest BCUT2D eigenvalue weighted by Crippen LogP contribution is 1.90. The Morgan fingerprint density at radius 1 is 2.00 bits per heavy atom. The van der Waals surface area contributed by atoms with E-state index in [0.29, 0.717) is 6.61 Å². The van der Waals surface area contributed by atoms with Crippen molar-refractivity contribution < 1.29 is 9.63 Å². The van der Waals surface area contributed by atoms with Gasteiger partial charge in [0.05, 0.1) is 6.61 Å². The summed E-state index contributed by atoms with van der Waals surface area (Å²) >= 11 is 0. The van der Waals surface area contributed by atoms with Crippen LogP contribution >= 0.6 is 0 Å². The molecule has 0 spiro atoms. The number of hydrogen-bond acceptors (Lipinski definition) is 3. The molecule has 4 heteroatoms. The van der Waals surface area contributed by atoms with Crippen LogP contribution in [0.3, 0.4) is 0 Å². The summed E-state index contributed by atoms with van der Waals surface area (Å²) in [7, 11) is 1.72. The lowest BCUT2D eigenvalue weighted by Gasteiger charge is -1.97. The first-order valence-electron chi connectivity index (χ1n) is 2.43. The molecule has 1 rings (SSSR count). The van der Waals surface area contributed by atoms with Gasteiger partial charge in [-0.05, 0) is 7.05 Å². The molecule has 0 bridgehead atoms. The first-order valence-corrected chi connectivity index (χ1v) is 2.43. The third kappa shape index (κ3) is 0.801. The van der Waals surface area contributed by atoms with E-state index in [0.717, 1.165) is 0 Å². The number of amides is 1. The van der Waals surface area contributed by atoms with Crippen LogP contribution in [0.4, 0.5) is 0 Å². The third-order valence-electron chi connectivity index (χ3n) is 1.09. The van der Waals surface area contributed by atoms with E-state index in [2.05, 4.69) is 15.6 Å². The zero-order valence-corrected chi connectivity index (χ0v) is 4.60. The zero-order valence-electron chi connectivity index (χ0n) is 4.60. The van der Waals surface area contributed by atoms with Gasteiger partial charge in [-0.2, -0.15) is 0 Å². The summed E-state index contributed by atoms with van der Waals surface area (Å²) in [5.41, 5.74) is 2.22. The highest BCUT2D eigenvalue weighted by atomic mass is 16.7. The van der Waals surface area contributed by atoms with Gasteiger partial charge in [0.15, 0.2) is 0 Å². The van der Waals surface area contributed by atoms with Crippen LogP contribution in [0.5, 0.6) is 0 Å². The Hall–Kier alpha value is -0.610. The molecule has 0 aliphatic carbocycles. The number of rotatable bonds is 1. The van der Waals surface area contributed by atoms with E-state index < -0.39 is 0 Å². The summed E-state index contributed by atoms with van der Waals surface area (Å²) in [6, 6.07) is -0.157. The van der Waals surface area contributed by atoms with Crippen molar-refractivity contribution in [2.45, 2.75) is 6.04 Å². The number of nitrogens with one attached hydrogen (secondary N) is 2. The Labute approximate surface area is 47.2 Å². The summed E-state index contributed by atoms with van der Waals surface area (Å²) in [4.78, 5) is 15.1. The molecule has 8 heavy (non-hydrogen) atoms. The van der Waals surface area contributed by atoms with Crippen LogP contribution in [0.15, 0.2) is 0 Å². The van der Waals surface area contributed by atoms with Gasteiger partial charge < -0.3 is 5.32 Å². The molecule has 4 nitrogen and oxygen atoms in total. The van der Waals surface area contributed by atoms with Gasteiger partial charge in [-0.15, -0.1) is 0 Å². The first kappa shape index (κ1) is 5.53. The summed E-state index contributed by atoms with van der Waals surface area (Å²) < 4.78 is 0. The molecule has 1 amide bonds. The number of carbonyl (C=O) groups is 1. The van der Waals surface area contributed by atoms with E-state index in [9.17, 15) is 4.79 Å². The van der Waals surface area contributed by atoms with Crippen molar-refractivity contribution in [1.29, 1.82) is 0 Å². The molecule has 1 atom stereocenters. The number of carbonyl (C=O) groups excluding carboxylic acids is 1. The van der Waals surface area contributed by atoms with E-state index >= 15 is 0 Å². The predicted octanol–water partition coefficient (Wildman–Crippen LogP) is -1.36. The van der Waals surface area contributed by atoms with Gasteiger partial charge >= 0.3 is 0 Å². The standard InChI is InChI=1S/C4H8N2O2/c1-5-3-2-8-6-4(3)7/h3,5H,2H2,1H3,(H,6,7)/t3-/m0/s1. The molecule has 0 aromatic rings. The minimum Gasteiger partial charge on any atom is -0.307 e. The van der Waals surface area contributed by atoms with Crippen molar-refractivity contribution in [3.63, 3.8) is 0 Å². The molecule has 0 radical (unpaired) electrons. The maximum absolute atomic E-state index is 10.5. The fraction of sp³-hybridized carbons (Fsp3) is 0.750. The smallest absolute Gasteiger partial charge is 0.263 e. The molecule has 1 saturated heterocycles. The molecule has 0 aromatic heterocycles. The van der Waals surface area contributed by atoms with Crippen molar-refractivity contribution in [3.05, 3.63) is 0 Å². The van der Waals surface area contributed by atoms with Gasteiger partial charge in [-0.1, -0.05) is 0 Å². The minimum absolute atomic E-state index is 0.0903. The fourth-order valence-electron chi connectivity index (χ4n) is 0.557. The molecule has 1 heterocycles. The van der Waals surface area contributed by atoms with Gasteiger partial charge in [0.25, 0.3) is 5.91 Å². The van der Waals surface area contributed by atoms with Crippen LogP contribution in [-0.2, 0) is 9.63 Å². The molecule has 46 valence electrons. The second kappa shape index (κ2) is 2.11. The van der Waals surface area contributed by atoms with Crippen LogP contribution in [0.25, 0.3) is 0 Å². The largest absolute Gasteiger partial charge is 0.307 e. The first-order chi connectivity index (χ1) is 3.84.